The molecule has 2 N–H and O–H groups in total. The minimum absolute atomic E-state index is 0.126. The number of nitrogens with zero attached hydrogens (tertiary/aromatic N) is 1. The van der Waals surface area contributed by atoms with Crippen molar-refractivity contribution in [3.8, 4) is 5.75 Å². The first-order chi connectivity index (χ1) is 15.8. The summed E-state index contributed by atoms with van der Waals surface area (Å²) in [5.74, 6) is 0.473. The summed E-state index contributed by atoms with van der Waals surface area (Å²) in [5.41, 5.74) is 1.04. The largest absolute Gasteiger partial charge is 0.497 e. The maximum atomic E-state index is 12.7. The molecule has 1 saturated heterocycles. The van der Waals surface area contributed by atoms with Gasteiger partial charge in [-0.3, -0.25) is 0 Å². The molecule has 1 aliphatic rings. The molecule has 9 heteroatoms. The molecule has 2 amide bonds. The van der Waals surface area contributed by atoms with Crippen LogP contribution in [0.15, 0.2) is 48.5 Å². The second kappa shape index (κ2) is 11.4. The molecule has 0 spiro atoms. The minimum atomic E-state index is -4.38. The van der Waals surface area contributed by atoms with Crippen molar-refractivity contribution in [3.05, 3.63) is 65.2 Å². The average Bonchev–Trinajstić information content (AvgIpc) is 2.82. The Bertz CT molecular complexity index is 888. The fraction of sp³-hybridized carbons (Fsp3) is 0.458. The van der Waals surface area contributed by atoms with Crippen LogP contribution < -0.4 is 10.1 Å². The zero-order valence-electron chi connectivity index (χ0n) is 18.5. The standard InChI is InChI=1S/C24H29F3N2O4/c1-32-21-8-4-18(5-9-21)13-22-15-29(10-11-33-22)23(31)28-14-19(16-30)12-17-2-6-20(7-3-17)24(25,26)27/h2-9,19,22,30H,10-16H2,1H3,(H,28,31)/t19?,22-/m1/s1. The number of aliphatic hydroxyl groups excluding tert-OH is 1. The Kier molecular flexibility index (Phi) is 8.57. The Balaban J connectivity index is 1.47. The number of amides is 2. The Labute approximate surface area is 191 Å². The van der Waals surface area contributed by atoms with E-state index in [9.17, 15) is 23.1 Å². The van der Waals surface area contributed by atoms with Gasteiger partial charge in [-0.15, -0.1) is 0 Å². The Morgan fingerprint density at radius 1 is 1.18 bits per heavy atom. The van der Waals surface area contributed by atoms with Gasteiger partial charge in [-0.1, -0.05) is 24.3 Å². The quantitative estimate of drug-likeness (QED) is 0.625. The number of aliphatic hydroxyl groups is 1. The lowest BCUT2D eigenvalue weighted by Gasteiger charge is -2.33. The van der Waals surface area contributed by atoms with Crippen LogP contribution in [0.5, 0.6) is 5.75 Å². The predicted molar refractivity (Wildman–Crippen MR) is 117 cm³/mol. The van der Waals surface area contributed by atoms with E-state index in [1.807, 2.05) is 24.3 Å². The van der Waals surface area contributed by atoms with E-state index >= 15 is 0 Å². The number of methoxy groups -OCH3 is 1. The van der Waals surface area contributed by atoms with Crippen molar-refractivity contribution in [2.75, 3.05) is 40.0 Å². The number of rotatable bonds is 8. The van der Waals surface area contributed by atoms with Gasteiger partial charge in [-0.05, 0) is 41.8 Å². The van der Waals surface area contributed by atoms with Crippen LogP contribution in [0, 0.1) is 5.92 Å². The van der Waals surface area contributed by atoms with Gasteiger partial charge in [0.1, 0.15) is 5.75 Å². The van der Waals surface area contributed by atoms with Gasteiger partial charge < -0.3 is 24.8 Å². The predicted octanol–water partition coefficient (Wildman–Crippen LogP) is 3.52. The first kappa shape index (κ1) is 24.9. The van der Waals surface area contributed by atoms with E-state index in [2.05, 4.69) is 5.32 Å². The van der Waals surface area contributed by atoms with E-state index in [4.69, 9.17) is 9.47 Å². The van der Waals surface area contributed by atoms with Crippen molar-refractivity contribution < 1.29 is 32.5 Å². The second-order valence-electron chi connectivity index (χ2n) is 8.12. The second-order valence-corrected chi connectivity index (χ2v) is 8.12. The maximum Gasteiger partial charge on any atom is 0.416 e. The number of carbonyl (C=O) groups excluding carboxylic acids is 1. The van der Waals surface area contributed by atoms with Gasteiger partial charge >= 0.3 is 12.2 Å². The molecule has 2 atom stereocenters. The molecule has 1 aliphatic heterocycles. The third kappa shape index (κ3) is 7.36. The van der Waals surface area contributed by atoms with Crippen molar-refractivity contribution >= 4 is 6.03 Å². The summed E-state index contributed by atoms with van der Waals surface area (Å²) in [6.45, 7) is 1.37. The van der Waals surface area contributed by atoms with Crippen molar-refractivity contribution in [2.45, 2.75) is 25.1 Å². The van der Waals surface area contributed by atoms with Crippen molar-refractivity contribution in [3.63, 3.8) is 0 Å². The van der Waals surface area contributed by atoms with Crippen molar-refractivity contribution in [1.82, 2.24) is 10.2 Å². The highest BCUT2D eigenvalue weighted by Crippen LogP contribution is 2.29. The SMILES string of the molecule is COc1ccc(C[C@@H]2CN(C(=O)NCC(CO)Cc3ccc(C(F)(F)F)cc3)CCO2)cc1. The van der Waals surface area contributed by atoms with Crippen LogP contribution in [0.2, 0.25) is 0 Å². The zero-order valence-corrected chi connectivity index (χ0v) is 18.5. The van der Waals surface area contributed by atoms with Gasteiger partial charge in [0.25, 0.3) is 0 Å². The highest BCUT2D eigenvalue weighted by atomic mass is 19.4. The molecule has 33 heavy (non-hydrogen) atoms. The molecule has 2 aromatic rings. The van der Waals surface area contributed by atoms with Crippen LogP contribution in [0.1, 0.15) is 16.7 Å². The number of hydrogen-bond acceptors (Lipinski definition) is 4. The Morgan fingerprint density at radius 2 is 1.85 bits per heavy atom. The molecule has 0 bridgehead atoms. The van der Waals surface area contributed by atoms with E-state index in [0.717, 1.165) is 23.4 Å². The fourth-order valence-corrected chi connectivity index (χ4v) is 3.76. The number of urea groups is 1. The van der Waals surface area contributed by atoms with Gasteiger partial charge in [-0.25, -0.2) is 4.79 Å². The summed E-state index contributed by atoms with van der Waals surface area (Å²) in [7, 11) is 1.61. The number of alkyl halides is 3. The topological polar surface area (TPSA) is 71.0 Å². The van der Waals surface area contributed by atoms with Crippen LogP contribution in [-0.4, -0.2) is 62.1 Å². The molecule has 180 valence electrons. The summed E-state index contributed by atoms with van der Waals surface area (Å²) in [4.78, 5) is 14.3. The molecule has 0 saturated carbocycles. The highest BCUT2D eigenvalue weighted by molar-refractivity contribution is 5.74. The third-order valence-electron chi connectivity index (χ3n) is 5.65. The van der Waals surface area contributed by atoms with Gasteiger partial charge in [0.15, 0.2) is 0 Å². The van der Waals surface area contributed by atoms with Crippen LogP contribution in [0.25, 0.3) is 0 Å². The lowest BCUT2D eigenvalue weighted by Crippen LogP contribution is -2.51. The molecule has 1 fully saturated rings. The molecule has 0 radical (unpaired) electrons. The number of hydrogen-bond donors (Lipinski definition) is 2. The third-order valence-corrected chi connectivity index (χ3v) is 5.65. The van der Waals surface area contributed by atoms with Crippen molar-refractivity contribution in [1.29, 1.82) is 0 Å². The average molecular weight is 467 g/mol. The molecule has 3 rings (SSSR count). The summed E-state index contributed by atoms with van der Waals surface area (Å²) >= 11 is 0. The zero-order chi connectivity index (χ0) is 23.8. The first-order valence-corrected chi connectivity index (χ1v) is 10.8. The molecule has 6 nitrogen and oxygen atoms in total. The van der Waals surface area contributed by atoms with Gasteiger partial charge in [-0.2, -0.15) is 13.2 Å². The number of nitrogens with one attached hydrogen (secondary N) is 1. The summed E-state index contributed by atoms with van der Waals surface area (Å²) in [6.07, 6.45) is -3.48. The van der Waals surface area contributed by atoms with Crippen LogP contribution >= 0.6 is 0 Å². The van der Waals surface area contributed by atoms with E-state index in [1.54, 1.807) is 12.0 Å². The number of ether oxygens (including phenoxy) is 2. The molecule has 2 aromatic carbocycles. The lowest BCUT2D eigenvalue weighted by molar-refractivity contribution is -0.137. The summed E-state index contributed by atoms with van der Waals surface area (Å²) in [5, 5.41) is 12.5. The van der Waals surface area contributed by atoms with E-state index in [1.165, 1.54) is 12.1 Å². The Morgan fingerprint density at radius 3 is 2.45 bits per heavy atom. The fourth-order valence-electron chi connectivity index (χ4n) is 3.76. The summed E-state index contributed by atoms with van der Waals surface area (Å²) in [6, 6.07) is 12.3. The van der Waals surface area contributed by atoms with Gasteiger partial charge in [0, 0.05) is 38.6 Å². The van der Waals surface area contributed by atoms with Crippen LogP contribution in [-0.2, 0) is 23.8 Å². The molecule has 0 aromatic heterocycles. The highest BCUT2D eigenvalue weighted by Gasteiger charge is 2.30. The number of morpholine rings is 1. The molecule has 1 heterocycles. The van der Waals surface area contributed by atoms with Gasteiger partial charge in [0.05, 0.1) is 25.4 Å². The monoisotopic (exact) mass is 466 g/mol. The van der Waals surface area contributed by atoms with E-state index in [-0.39, 0.29) is 31.2 Å². The normalized spacial score (nSPS) is 17.5. The minimum Gasteiger partial charge on any atom is -0.497 e. The smallest absolute Gasteiger partial charge is 0.416 e. The molecule has 1 unspecified atom stereocenters. The Hall–Kier alpha value is -2.78. The number of halogens is 3. The van der Waals surface area contributed by atoms with Crippen LogP contribution in [0.4, 0.5) is 18.0 Å². The van der Waals surface area contributed by atoms with E-state index in [0.29, 0.717) is 38.1 Å². The molecule has 0 aliphatic carbocycles. The molecular formula is C24H29F3N2O4. The first-order valence-electron chi connectivity index (χ1n) is 10.8. The molecular weight excluding hydrogens is 437 g/mol. The van der Waals surface area contributed by atoms with Gasteiger partial charge in [0.2, 0.25) is 0 Å². The summed E-state index contributed by atoms with van der Waals surface area (Å²) < 4.78 is 49.1. The number of benzene rings is 2. The van der Waals surface area contributed by atoms with E-state index < -0.39 is 11.7 Å². The van der Waals surface area contributed by atoms with Crippen LogP contribution in [0.3, 0.4) is 0 Å². The van der Waals surface area contributed by atoms with Crippen molar-refractivity contribution in [2.24, 2.45) is 5.92 Å². The number of carbonyl (C=O) groups is 1. The lowest BCUT2D eigenvalue weighted by atomic mass is 9.99. The maximum absolute atomic E-state index is 12.7.